The second kappa shape index (κ2) is 5.74. The lowest BCUT2D eigenvalue weighted by Crippen LogP contribution is -2.32. The highest BCUT2D eigenvalue weighted by atomic mass is 16.4. The molecule has 5 nitrogen and oxygen atoms in total. The minimum absolute atomic E-state index is 0.0891. The molecule has 1 saturated heterocycles. The first-order chi connectivity index (χ1) is 9.02. The summed E-state index contributed by atoms with van der Waals surface area (Å²) in [5.74, 6) is -0.920. The van der Waals surface area contributed by atoms with Crippen LogP contribution in [0.5, 0.6) is 0 Å². The van der Waals surface area contributed by atoms with Gasteiger partial charge in [-0.15, -0.1) is 0 Å². The lowest BCUT2D eigenvalue weighted by molar-refractivity contribution is -0.142. The van der Waals surface area contributed by atoms with Gasteiger partial charge in [0.05, 0.1) is 11.6 Å². The maximum absolute atomic E-state index is 11.1. The number of rotatable bonds is 5. The molecular weight excluding hydrogens is 242 g/mol. The summed E-state index contributed by atoms with van der Waals surface area (Å²) in [6.45, 7) is 7.88. The van der Waals surface area contributed by atoms with E-state index in [9.17, 15) is 4.79 Å². The molecule has 3 unspecified atom stereocenters. The van der Waals surface area contributed by atoms with Gasteiger partial charge in [-0.1, -0.05) is 6.92 Å². The predicted molar refractivity (Wildman–Crippen MR) is 72.8 cm³/mol. The van der Waals surface area contributed by atoms with E-state index in [1.165, 1.54) is 0 Å². The van der Waals surface area contributed by atoms with Gasteiger partial charge in [-0.3, -0.25) is 14.4 Å². The van der Waals surface area contributed by atoms with E-state index in [0.29, 0.717) is 6.04 Å². The number of nitrogens with zero attached hydrogens (tertiary/aromatic N) is 3. The molecule has 0 amide bonds. The van der Waals surface area contributed by atoms with Gasteiger partial charge >= 0.3 is 5.97 Å². The first-order valence-corrected chi connectivity index (χ1v) is 7.03. The molecule has 0 bridgehead atoms. The average molecular weight is 265 g/mol. The van der Waals surface area contributed by atoms with E-state index in [1.807, 2.05) is 23.9 Å². The molecule has 2 heterocycles. The zero-order valence-corrected chi connectivity index (χ0v) is 11.9. The smallest absolute Gasteiger partial charge is 0.308 e. The molecule has 106 valence electrons. The molecule has 5 heteroatoms. The van der Waals surface area contributed by atoms with Crippen LogP contribution in [0.2, 0.25) is 0 Å². The molecule has 1 aromatic heterocycles. The van der Waals surface area contributed by atoms with E-state index in [2.05, 4.69) is 23.8 Å². The van der Waals surface area contributed by atoms with Crippen LogP contribution in [0.1, 0.15) is 45.3 Å². The maximum atomic E-state index is 11.1. The Balaban J connectivity index is 1.98. The topological polar surface area (TPSA) is 58.4 Å². The van der Waals surface area contributed by atoms with Crippen LogP contribution in [-0.2, 0) is 11.3 Å². The normalized spacial score (nSPS) is 25.6. The molecule has 1 aliphatic rings. The number of hydrogen-bond donors (Lipinski definition) is 1. The number of likely N-dealkylation sites (tertiary alicyclic amines) is 1. The fraction of sp³-hybridized carbons (Fsp3) is 0.714. The molecule has 0 saturated carbocycles. The second-order valence-electron chi connectivity index (χ2n) is 5.49. The summed E-state index contributed by atoms with van der Waals surface area (Å²) in [6.07, 6.45) is 3.81. The summed E-state index contributed by atoms with van der Waals surface area (Å²) in [6, 6.07) is 2.54. The lowest BCUT2D eigenvalue weighted by Gasteiger charge is -2.21. The van der Waals surface area contributed by atoms with Crippen LogP contribution in [0.4, 0.5) is 0 Å². The van der Waals surface area contributed by atoms with Crippen molar-refractivity contribution in [3.63, 3.8) is 0 Å². The number of carbonyl (C=O) groups is 1. The van der Waals surface area contributed by atoms with Gasteiger partial charge in [-0.05, 0) is 39.3 Å². The minimum Gasteiger partial charge on any atom is -0.481 e. The average Bonchev–Trinajstić information content (AvgIpc) is 2.97. The maximum Gasteiger partial charge on any atom is 0.308 e. The Morgan fingerprint density at radius 3 is 2.95 bits per heavy atom. The SMILES string of the molecule is CCC(C)n1ccc(CN2CCC(C(=O)O)C2C)n1. The molecule has 1 aliphatic heterocycles. The molecule has 3 atom stereocenters. The third-order valence-electron chi connectivity index (χ3n) is 4.27. The summed E-state index contributed by atoms with van der Waals surface area (Å²) in [7, 11) is 0. The van der Waals surface area contributed by atoms with E-state index in [4.69, 9.17) is 5.11 Å². The highest BCUT2D eigenvalue weighted by Crippen LogP contribution is 2.25. The molecular formula is C14H23N3O2. The number of aromatic nitrogens is 2. The van der Waals surface area contributed by atoms with Crippen molar-refractivity contribution in [1.82, 2.24) is 14.7 Å². The van der Waals surface area contributed by atoms with E-state index in [-0.39, 0.29) is 12.0 Å². The van der Waals surface area contributed by atoms with Gasteiger partial charge in [-0.25, -0.2) is 0 Å². The summed E-state index contributed by atoms with van der Waals surface area (Å²) in [5.41, 5.74) is 1.03. The molecule has 0 aromatic carbocycles. The highest BCUT2D eigenvalue weighted by Gasteiger charge is 2.35. The Morgan fingerprint density at radius 2 is 2.37 bits per heavy atom. The minimum atomic E-state index is -0.680. The van der Waals surface area contributed by atoms with E-state index in [0.717, 1.165) is 31.6 Å². The van der Waals surface area contributed by atoms with Crippen LogP contribution in [-0.4, -0.2) is 38.3 Å². The molecule has 0 spiro atoms. The standard InChI is InChI=1S/C14H23N3O2/c1-4-10(2)17-8-5-12(15-17)9-16-7-6-13(11(16)3)14(18)19/h5,8,10-11,13H,4,6-7,9H2,1-3H3,(H,18,19). The van der Waals surface area contributed by atoms with Gasteiger partial charge in [0, 0.05) is 24.8 Å². The molecule has 1 fully saturated rings. The van der Waals surface area contributed by atoms with Gasteiger partial charge in [0.15, 0.2) is 0 Å². The van der Waals surface area contributed by atoms with Crippen LogP contribution in [0.25, 0.3) is 0 Å². The van der Waals surface area contributed by atoms with Crippen molar-refractivity contribution in [2.45, 2.75) is 52.2 Å². The molecule has 1 aromatic rings. The van der Waals surface area contributed by atoms with Crippen LogP contribution >= 0.6 is 0 Å². The number of aliphatic carboxylic acids is 1. The van der Waals surface area contributed by atoms with Crippen molar-refractivity contribution in [3.05, 3.63) is 18.0 Å². The van der Waals surface area contributed by atoms with Crippen molar-refractivity contribution in [3.8, 4) is 0 Å². The van der Waals surface area contributed by atoms with Crippen molar-refractivity contribution in [2.75, 3.05) is 6.54 Å². The molecule has 2 rings (SSSR count). The number of carboxylic acids is 1. The Morgan fingerprint density at radius 1 is 1.63 bits per heavy atom. The third-order valence-corrected chi connectivity index (χ3v) is 4.27. The van der Waals surface area contributed by atoms with Crippen LogP contribution in [0.3, 0.4) is 0 Å². The number of carboxylic acid groups (broad SMARTS) is 1. The van der Waals surface area contributed by atoms with Gasteiger partial charge in [-0.2, -0.15) is 5.10 Å². The van der Waals surface area contributed by atoms with Gasteiger partial charge in [0.1, 0.15) is 0 Å². The predicted octanol–water partition coefficient (Wildman–Crippen LogP) is 2.15. The van der Waals surface area contributed by atoms with Crippen molar-refractivity contribution < 1.29 is 9.90 Å². The van der Waals surface area contributed by atoms with Gasteiger partial charge in [0.2, 0.25) is 0 Å². The van der Waals surface area contributed by atoms with Crippen molar-refractivity contribution in [2.24, 2.45) is 5.92 Å². The molecule has 19 heavy (non-hydrogen) atoms. The quantitative estimate of drug-likeness (QED) is 0.886. The monoisotopic (exact) mass is 265 g/mol. The number of hydrogen-bond acceptors (Lipinski definition) is 3. The Labute approximate surface area is 114 Å². The second-order valence-corrected chi connectivity index (χ2v) is 5.49. The van der Waals surface area contributed by atoms with E-state index >= 15 is 0 Å². The van der Waals surface area contributed by atoms with Crippen molar-refractivity contribution in [1.29, 1.82) is 0 Å². The van der Waals surface area contributed by atoms with Crippen LogP contribution in [0.15, 0.2) is 12.3 Å². The van der Waals surface area contributed by atoms with Gasteiger partial charge < -0.3 is 5.11 Å². The summed E-state index contributed by atoms with van der Waals surface area (Å²) in [4.78, 5) is 13.3. The first-order valence-electron chi connectivity index (χ1n) is 7.03. The fourth-order valence-electron chi connectivity index (χ4n) is 2.66. The Hall–Kier alpha value is -1.36. The summed E-state index contributed by atoms with van der Waals surface area (Å²) < 4.78 is 1.99. The van der Waals surface area contributed by atoms with Gasteiger partial charge in [0.25, 0.3) is 0 Å². The third kappa shape index (κ3) is 2.97. The summed E-state index contributed by atoms with van der Waals surface area (Å²) >= 11 is 0. The Kier molecular flexibility index (Phi) is 4.24. The summed E-state index contributed by atoms with van der Waals surface area (Å²) in [5, 5.41) is 13.7. The molecule has 1 N–H and O–H groups in total. The highest BCUT2D eigenvalue weighted by molar-refractivity contribution is 5.71. The molecule has 0 radical (unpaired) electrons. The zero-order valence-electron chi connectivity index (χ0n) is 11.9. The van der Waals surface area contributed by atoms with Crippen molar-refractivity contribution >= 4 is 5.97 Å². The van der Waals surface area contributed by atoms with E-state index in [1.54, 1.807) is 0 Å². The van der Waals surface area contributed by atoms with Crippen LogP contribution in [0, 0.1) is 5.92 Å². The Bertz CT molecular complexity index is 444. The largest absolute Gasteiger partial charge is 0.481 e. The van der Waals surface area contributed by atoms with Crippen LogP contribution < -0.4 is 0 Å². The van der Waals surface area contributed by atoms with E-state index < -0.39 is 5.97 Å². The first kappa shape index (κ1) is 14.1. The lowest BCUT2D eigenvalue weighted by atomic mass is 10.0. The zero-order chi connectivity index (χ0) is 14.0. The molecule has 0 aliphatic carbocycles. The fourth-order valence-corrected chi connectivity index (χ4v) is 2.66.